The van der Waals surface area contributed by atoms with Gasteiger partial charge in [-0.15, -0.1) is 0 Å². The topological polar surface area (TPSA) is 12.5 Å². The molecule has 0 N–H and O–H groups in total. The van der Waals surface area contributed by atoms with E-state index in [9.17, 15) is 0 Å². The van der Waals surface area contributed by atoms with Gasteiger partial charge in [-0.3, -0.25) is 4.90 Å². The van der Waals surface area contributed by atoms with E-state index >= 15 is 0 Å². The SMILES string of the molecule is CCC([O][Al]([CH2]C)[CH2]C)N(C)C. The van der Waals surface area contributed by atoms with Crippen molar-refractivity contribution in [3.05, 3.63) is 0 Å². The van der Waals surface area contributed by atoms with Crippen molar-refractivity contribution in [1.82, 2.24) is 4.90 Å². The van der Waals surface area contributed by atoms with Crippen molar-refractivity contribution in [2.45, 2.75) is 44.0 Å². The molecule has 0 bridgehead atoms. The van der Waals surface area contributed by atoms with E-state index in [0.29, 0.717) is 6.23 Å². The fourth-order valence-corrected chi connectivity index (χ4v) is 3.13. The Kier molecular flexibility index (Phi) is 7.17. The molecular weight excluding hydrogens is 165 g/mol. The molecule has 0 saturated carbocycles. The Hall–Kier alpha value is 0.452. The van der Waals surface area contributed by atoms with Crippen LogP contribution in [0.3, 0.4) is 0 Å². The summed E-state index contributed by atoms with van der Waals surface area (Å²) in [4.78, 5) is 2.17. The van der Waals surface area contributed by atoms with Gasteiger partial charge >= 0.3 is 14.5 Å². The average molecular weight is 187 g/mol. The van der Waals surface area contributed by atoms with Crippen molar-refractivity contribution in [3.63, 3.8) is 0 Å². The Morgan fingerprint density at radius 2 is 1.67 bits per heavy atom. The first-order valence-electron chi connectivity index (χ1n) is 4.97. The Bertz CT molecular complexity index is 105. The van der Waals surface area contributed by atoms with E-state index in [4.69, 9.17) is 3.79 Å². The molecule has 2 nitrogen and oxygen atoms in total. The Morgan fingerprint density at radius 3 is 1.92 bits per heavy atom. The van der Waals surface area contributed by atoms with Gasteiger partial charge in [-0.2, -0.15) is 0 Å². The maximum absolute atomic E-state index is 6.02. The molecule has 0 saturated heterocycles. The molecule has 0 spiro atoms. The summed E-state index contributed by atoms with van der Waals surface area (Å²) in [5.74, 6) is 0. The third-order valence-electron chi connectivity index (χ3n) is 2.19. The van der Waals surface area contributed by atoms with Crippen LogP contribution in [0.2, 0.25) is 10.6 Å². The van der Waals surface area contributed by atoms with Crippen LogP contribution >= 0.6 is 0 Å². The molecule has 1 atom stereocenters. The van der Waals surface area contributed by atoms with Crippen molar-refractivity contribution < 1.29 is 3.79 Å². The lowest BCUT2D eigenvalue weighted by atomic mass is 10.4. The summed E-state index contributed by atoms with van der Waals surface area (Å²) in [7, 11) is 4.18. The fourth-order valence-electron chi connectivity index (χ4n) is 1.29. The molecule has 1 unspecified atom stereocenters. The van der Waals surface area contributed by atoms with Gasteiger partial charge in [0.05, 0.1) is 6.23 Å². The quantitative estimate of drug-likeness (QED) is 0.467. The number of nitrogens with zero attached hydrogens (tertiary/aromatic N) is 1. The third-order valence-corrected chi connectivity index (χ3v) is 4.71. The van der Waals surface area contributed by atoms with E-state index in [2.05, 4.69) is 39.8 Å². The summed E-state index contributed by atoms with van der Waals surface area (Å²) in [6.45, 7) is 6.66. The second-order valence-electron chi connectivity index (χ2n) is 3.40. The second kappa shape index (κ2) is 6.91. The molecule has 0 aromatic carbocycles. The molecule has 0 radical (unpaired) electrons. The van der Waals surface area contributed by atoms with Crippen molar-refractivity contribution in [1.29, 1.82) is 0 Å². The van der Waals surface area contributed by atoms with Crippen molar-refractivity contribution in [2.24, 2.45) is 0 Å². The first-order valence-corrected chi connectivity index (χ1v) is 7.07. The molecule has 72 valence electrons. The zero-order chi connectivity index (χ0) is 9.56. The third kappa shape index (κ3) is 4.47. The zero-order valence-corrected chi connectivity index (χ0v) is 10.3. The maximum Gasteiger partial charge on any atom is 0.461 e. The van der Waals surface area contributed by atoms with Gasteiger partial charge in [0.15, 0.2) is 0 Å². The Morgan fingerprint density at radius 1 is 1.17 bits per heavy atom. The van der Waals surface area contributed by atoms with E-state index in [-0.39, 0.29) is 0 Å². The molecule has 0 heterocycles. The molecule has 0 aromatic rings. The highest BCUT2D eigenvalue weighted by molar-refractivity contribution is 6.51. The lowest BCUT2D eigenvalue weighted by Crippen LogP contribution is -2.35. The van der Waals surface area contributed by atoms with Gasteiger partial charge in [0.1, 0.15) is 0 Å². The minimum absolute atomic E-state index is 0.349. The largest absolute Gasteiger partial charge is 0.487 e. The molecule has 0 fully saturated rings. The molecule has 3 heteroatoms. The van der Waals surface area contributed by atoms with Crippen molar-refractivity contribution >= 4 is 14.5 Å². The average Bonchev–Trinajstić information content (AvgIpc) is 2.06. The fraction of sp³-hybridized carbons (Fsp3) is 1.00. The van der Waals surface area contributed by atoms with Crippen LogP contribution in [0.25, 0.3) is 0 Å². The first kappa shape index (κ1) is 12.5. The molecule has 0 aliphatic carbocycles. The van der Waals surface area contributed by atoms with E-state index in [0.717, 1.165) is 6.42 Å². The second-order valence-corrected chi connectivity index (χ2v) is 6.55. The van der Waals surface area contributed by atoms with Crippen molar-refractivity contribution in [3.8, 4) is 0 Å². The molecule has 0 amide bonds. The van der Waals surface area contributed by atoms with Gasteiger partial charge in [-0.1, -0.05) is 31.3 Å². The van der Waals surface area contributed by atoms with Crippen LogP contribution in [0.5, 0.6) is 0 Å². The summed E-state index contributed by atoms with van der Waals surface area (Å²) < 4.78 is 6.02. The van der Waals surface area contributed by atoms with Gasteiger partial charge in [-0.05, 0) is 20.5 Å². The lowest BCUT2D eigenvalue weighted by molar-refractivity contribution is 0.0584. The van der Waals surface area contributed by atoms with E-state index in [1.807, 2.05) is 0 Å². The molecule has 0 aromatic heterocycles. The van der Waals surface area contributed by atoms with Crippen LogP contribution in [-0.4, -0.2) is 39.7 Å². The number of hydrogen-bond donors (Lipinski definition) is 0. The molecule has 0 rings (SSSR count). The molecule has 0 aliphatic rings. The predicted octanol–water partition coefficient (Wildman–Crippen LogP) is 2.33. The smallest absolute Gasteiger partial charge is 0.461 e. The highest BCUT2D eigenvalue weighted by Gasteiger charge is 2.20. The summed E-state index contributed by atoms with van der Waals surface area (Å²) >= 11 is -0.865. The molecule has 12 heavy (non-hydrogen) atoms. The summed E-state index contributed by atoms with van der Waals surface area (Å²) in [6.07, 6.45) is 1.44. The van der Waals surface area contributed by atoms with Gasteiger partial charge in [0.2, 0.25) is 0 Å². The Balaban J connectivity index is 3.82. The normalized spacial score (nSPS) is 13.5. The van der Waals surface area contributed by atoms with Gasteiger partial charge < -0.3 is 3.79 Å². The first-order chi connectivity index (χ1) is 5.65. The highest BCUT2D eigenvalue weighted by Crippen LogP contribution is 2.08. The standard InChI is InChI=1S/C5H12NO.2C2H5.Al/c1-4-5(7)6(2)3;2*1-2;/h5H,4H2,1-3H3;2*1H2,2H3;/q-1;;;+1. The van der Waals surface area contributed by atoms with E-state index in [1.54, 1.807) is 0 Å². The van der Waals surface area contributed by atoms with E-state index < -0.39 is 14.5 Å². The van der Waals surface area contributed by atoms with Crippen LogP contribution in [0.15, 0.2) is 0 Å². The zero-order valence-electron chi connectivity index (χ0n) is 9.13. The van der Waals surface area contributed by atoms with Gasteiger partial charge in [-0.25, -0.2) is 0 Å². The minimum Gasteiger partial charge on any atom is -0.487 e. The van der Waals surface area contributed by atoms with Crippen LogP contribution < -0.4 is 0 Å². The predicted molar refractivity (Wildman–Crippen MR) is 55.6 cm³/mol. The number of hydrogen-bond acceptors (Lipinski definition) is 2. The highest BCUT2D eigenvalue weighted by atomic mass is 27.2. The van der Waals surface area contributed by atoms with Gasteiger partial charge in [0.25, 0.3) is 0 Å². The monoisotopic (exact) mass is 187 g/mol. The number of rotatable bonds is 6. The van der Waals surface area contributed by atoms with Crippen LogP contribution in [0.1, 0.15) is 27.2 Å². The van der Waals surface area contributed by atoms with Crippen molar-refractivity contribution in [2.75, 3.05) is 14.1 Å². The van der Waals surface area contributed by atoms with Crippen LogP contribution in [0, 0.1) is 0 Å². The van der Waals surface area contributed by atoms with Crippen LogP contribution in [0.4, 0.5) is 0 Å². The molecule has 0 aliphatic heterocycles. The minimum atomic E-state index is -0.865. The summed E-state index contributed by atoms with van der Waals surface area (Å²) in [6, 6.07) is 0. The lowest BCUT2D eigenvalue weighted by Gasteiger charge is -2.26. The molecular formula is C9H22AlNO. The summed E-state index contributed by atoms with van der Waals surface area (Å²) in [5, 5.41) is 2.50. The van der Waals surface area contributed by atoms with Gasteiger partial charge in [0, 0.05) is 0 Å². The Labute approximate surface area is 81.6 Å². The van der Waals surface area contributed by atoms with E-state index in [1.165, 1.54) is 10.6 Å². The van der Waals surface area contributed by atoms with Crippen LogP contribution in [-0.2, 0) is 3.79 Å². The summed E-state index contributed by atoms with van der Waals surface area (Å²) in [5.41, 5.74) is 0. The maximum atomic E-state index is 6.02.